The summed E-state index contributed by atoms with van der Waals surface area (Å²) in [5, 5.41) is 3.08. The number of amides is 1. The molecule has 6 nitrogen and oxygen atoms in total. The molecular weight excluding hydrogens is 404 g/mol. The van der Waals surface area contributed by atoms with Gasteiger partial charge in [-0.25, -0.2) is 14.4 Å². The number of alkyl halides is 3. The van der Waals surface area contributed by atoms with Crippen LogP contribution in [-0.4, -0.2) is 28.7 Å². The van der Waals surface area contributed by atoms with Gasteiger partial charge in [-0.05, 0) is 30.3 Å². The van der Waals surface area contributed by atoms with Gasteiger partial charge in [-0.1, -0.05) is 11.6 Å². The highest BCUT2D eigenvalue weighted by Crippen LogP contribution is 2.29. The first-order chi connectivity index (χ1) is 13.1. The molecule has 0 bridgehead atoms. The lowest BCUT2D eigenvalue weighted by Crippen LogP contribution is -2.19. The van der Waals surface area contributed by atoms with Crippen LogP contribution in [0.2, 0.25) is 5.02 Å². The molecule has 0 atom stereocenters. The number of halogens is 5. The molecule has 1 aromatic heterocycles. The van der Waals surface area contributed by atoms with Crippen LogP contribution in [-0.2, 0) is 0 Å². The van der Waals surface area contributed by atoms with Crippen molar-refractivity contribution in [3.8, 4) is 5.75 Å². The molecule has 3 rings (SSSR count). The van der Waals surface area contributed by atoms with E-state index in [-0.39, 0.29) is 27.9 Å². The van der Waals surface area contributed by atoms with E-state index in [2.05, 4.69) is 20.0 Å². The Kier molecular flexibility index (Phi) is 5.23. The Bertz CT molecular complexity index is 1060. The number of rotatable bonds is 5. The average Bonchev–Trinajstić information content (AvgIpc) is 2.62. The van der Waals surface area contributed by atoms with Crippen molar-refractivity contribution in [2.45, 2.75) is 6.18 Å². The number of aromatic nitrogens is 2. The first-order valence-electron chi connectivity index (χ1n) is 7.65. The maximum atomic E-state index is 13.3. The zero-order valence-electron chi connectivity index (χ0n) is 13.8. The molecule has 3 N–H and O–H groups in total. The van der Waals surface area contributed by atoms with Gasteiger partial charge in [0.15, 0.2) is 6.61 Å². The van der Waals surface area contributed by atoms with Crippen LogP contribution in [0.15, 0.2) is 36.4 Å². The highest BCUT2D eigenvalue weighted by atomic mass is 35.5. The Morgan fingerprint density at radius 2 is 1.93 bits per heavy atom. The number of nitrogens with one attached hydrogen (secondary N) is 1. The summed E-state index contributed by atoms with van der Waals surface area (Å²) in [6.45, 7) is -1.48. The van der Waals surface area contributed by atoms with E-state index in [1.54, 1.807) is 0 Å². The van der Waals surface area contributed by atoms with Crippen LogP contribution >= 0.6 is 11.6 Å². The molecule has 1 heterocycles. The molecule has 0 saturated carbocycles. The lowest BCUT2D eigenvalue weighted by molar-refractivity contribution is -0.153. The monoisotopic (exact) mass is 414 g/mol. The van der Waals surface area contributed by atoms with Crippen molar-refractivity contribution in [1.82, 2.24) is 9.97 Å². The Balaban J connectivity index is 2.02. The summed E-state index contributed by atoms with van der Waals surface area (Å²) in [6.07, 6.45) is -4.51. The van der Waals surface area contributed by atoms with Crippen molar-refractivity contribution in [3.05, 3.63) is 53.1 Å². The summed E-state index contributed by atoms with van der Waals surface area (Å²) >= 11 is 5.74. The van der Waals surface area contributed by atoms with E-state index in [0.29, 0.717) is 11.1 Å². The summed E-state index contributed by atoms with van der Waals surface area (Å²) in [4.78, 5) is 19.5. The molecule has 0 unspecified atom stereocenters. The molecule has 146 valence electrons. The van der Waals surface area contributed by atoms with Crippen molar-refractivity contribution in [1.29, 1.82) is 0 Å². The third-order valence-electron chi connectivity index (χ3n) is 3.47. The first-order valence-corrected chi connectivity index (χ1v) is 8.03. The summed E-state index contributed by atoms with van der Waals surface area (Å²) in [6, 6.07) is 7.75. The largest absolute Gasteiger partial charge is 0.484 e. The standard InChI is InChI=1S/C17H11ClF4N4O2/c18-11-5-8(1-4-12(11)19)24-15-10-3-2-9(28-7-17(20,21)22)6-13(10)25-16(26-15)14(23)27/h1-6H,7H2,(H2,23,27)(H,24,25,26). The van der Waals surface area contributed by atoms with Crippen LogP contribution in [0.3, 0.4) is 0 Å². The number of primary amides is 1. The van der Waals surface area contributed by atoms with Gasteiger partial charge in [-0.15, -0.1) is 0 Å². The Morgan fingerprint density at radius 3 is 2.57 bits per heavy atom. The van der Waals surface area contributed by atoms with Crippen LogP contribution in [0.4, 0.5) is 29.1 Å². The fourth-order valence-corrected chi connectivity index (χ4v) is 2.46. The van der Waals surface area contributed by atoms with Crippen LogP contribution in [0.5, 0.6) is 5.75 Å². The number of nitrogens with two attached hydrogens (primary N) is 1. The summed E-state index contributed by atoms with van der Waals surface area (Å²) in [5.41, 5.74) is 5.71. The van der Waals surface area contributed by atoms with Crippen LogP contribution in [0, 0.1) is 5.82 Å². The third-order valence-corrected chi connectivity index (χ3v) is 3.76. The molecule has 0 spiro atoms. The van der Waals surface area contributed by atoms with Crippen molar-refractivity contribution in [3.63, 3.8) is 0 Å². The predicted molar refractivity (Wildman–Crippen MR) is 94.3 cm³/mol. The zero-order valence-corrected chi connectivity index (χ0v) is 14.6. The highest BCUT2D eigenvalue weighted by molar-refractivity contribution is 6.31. The average molecular weight is 415 g/mol. The minimum Gasteiger partial charge on any atom is -0.484 e. The molecule has 0 aliphatic heterocycles. The summed E-state index contributed by atoms with van der Waals surface area (Å²) in [7, 11) is 0. The molecular formula is C17H11ClF4N4O2. The number of ether oxygens (including phenoxy) is 1. The quantitative estimate of drug-likeness (QED) is 0.610. The molecule has 0 fully saturated rings. The highest BCUT2D eigenvalue weighted by Gasteiger charge is 2.28. The second-order valence-corrected chi connectivity index (χ2v) is 6.00. The second-order valence-electron chi connectivity index (χ2n) is 5.60. The normalized spacial score (nSPS) is 11.5. The van der Waals surface area contributed by atoms with Crippen molar-refractivity contribution in [2.75, 3.05) is 11.9 Å². The topological polar surface area (TPSA) is 90.1 Å². The summed E-state index contributed by atoms with van der Waals surface area (Å²) < 4.78 is 55.0. The molecule has 0 aliphatic rings. The van der Waals surface area contributed by atoms with Crippen LogP contribution in [0.25, 0.3) is 10.9 Å². The van der Waals surface area contributed by atoms with Gasteiger partial charge in [-0.3, -0.25) is 4.79 Å². The second kappa shape index (κ2) is 7.47. The number of hydrogen-bond acceptors (Lipinski definition) is 5. The van der Waals surface area contributed by atoms with Gasteiger partial charge in [0, 0.05) is 17.1 Å². The molecule has 2 aromatic carbocycles. The fourth-order valence-electron chi connectivity index (χ4n) is 2.28. The van der Waals surface area contributed by atoms with Gasteiger partial charge < -0.3 is 15.8 Å². The number of anilines is 2. The number of carbonyl (C=O) groups is 1. The lowest BCUT2D eigenvalue weighted by Gasteiger charge is -2.12. The molecule has 1 amide bonds. The van der Waals surface area contributed by atoms with Crippen molar-refractivity contribution < 1.29 is 27.1 Å². The molecule has 0 aliphatic carbocycles. The van der Waals surface area contributed by atoms with Crippen LogP contribution < -0.4 is 15.8 Å². The van der Waals surface area contributed by atoms with E-state index in [1.165, 1.54) is 30.3 Å². The van der Waals surface area contributed by atoms with Crippen molar-refractivity contribution >= 4 is 39.9 Å². The minimum atomic E-state index is -4.51. The smallest absolute Gasteiger partial charge is 0.422 e. The number of fused-ring (bicyclic) bond motifs is 1. The van der Waals surface area contributed by atoms with E-state index < -0.39 is 24.5 Å². The number of nitrogens with zero attached hydrogens (tertiary/aromatic N) is 2. The predicted octanol–water partition coefficient (Wildman–Crippen LogP) is 4.21. The van der Waals surface area contributed by atoms with Gasteiger partial charge in [0.05, 0.1) is 10.5 Å². The Hall–Kier alpha value is -3.14. The Morgan fingerprint density at radius 1 is 1.18 bits per heavy atom. The number of carbonyl (C=O) groups excluding carboxylic acids is 1. The fraction of sp³-hybridized carbons (Fsp3) is 0.118. The van der Waals surface area contributed by atoms with E-state index in [4.69, 9.17) is 17.3 Å². The van der Waals surface area contributed by atoms with Gasteiger partial charge in [-0.2, -0.15) is 13.2 Å². The Labute approximate surface area is 160 Å². The van der Waals surface area contributed by atoms with E-state index in [9.17, 15) is 22.4 Å². The first kappa shape index (κ1) is 19.6. The van der Waals surface area contributed by atoms with Crippen LogP contribution in [0.1, 0.15) is 10.6 Å². The maximum Gasteiger partial charge on any atom is 0.422 e. The van der Waals surface area contributed by atoms with E-state index in [1.807, 2.05) is 0 Å². The molecule has 3 aromatic rings. The zero-order chi connectivity index (χ0) is 20.5. The molecule has 28 heavy (non-hydrogen) atoms. The molecule has 0 radical (unpaired) electrons. The van der Waals surface area contributed by atoms with Gasteiger partial charge in [0.25, 0.3) is 5.91 Å². The van der Waals surface area contributed by atoms with E-state index in [0.717, 1.165) is 6.07 Å². The number of hydrogen-bond donors (Lipinski definition) is 2. The molecule has 11 heteroatoms. The van der Waals surface area contributed by atoms with Crippen molar-refractivity contribution in [2.24, 2.45) is 5.73 Å². The molecule has 0 saturated heterocycles. The summed E-state index contributed by atoms with van der Waals surface area (Å²) in [5.74, 6) is -1.90. The van der Waals surface area contributed by atoms with E-state index >= 15 is 0 Å². The van der Waals surface area contributed by atoms with Gasteiger partial charge >= 0.3 is 6.18 Å². The third kappa shape index (κ3) is 4.58. The van der Waals surface area contributed by atoms with Gasteiger partial charge in [0.1, 0.15) is 17.4 Å². The minimum absolute atomic E-state index is 0.102. The SMILES string of the molecule is NC(=O)c1nc(Nc2ccc(F)c(Cl)c2)c2ccc(OCC(F)(F)F)cc2n1. The number of benzene rings is 2. The maximum absolute atomic E-state index is 13.3. The van der Waals surface area contributed by atoms with Gasteiger partial charge in [0.2, 0.25) is 5.82 Å². The lowest BCUT2D eigenvalue weighted by atomic mass is 10.2.